The van der Waals surface area contributed by atoms with Crippen LogP contribution in [0, 0.1) is 5.92 Å². The van der Waals surface area contributed by atoms with Crippen LogP contribution in [0.4, 0.5) is 65.7 Å². The van der Waals surface area contributed by atoms with E-state index < -0.39 is 24.3 Å². The second kappa shape index (κ2) is 18.9. The Labute approximate surface area is 319 Å². The number of aliphatic carboxylic acids is 2. The lowest BCUT2D eigenvalue weighted by Crippen LogP contribution is -2.41. The average Bonchev–Trinajstić information content (AvgIpc) is 3.14. The maximum Gasteiger partial charge on any atom is 0.490 e. The third kappa shape index (κ3) is 13.3. The van der Waals surface area contributed by atoms with Crippen LogP contribution in [0.25, 0.3) is 0 Å². The van der Waals surface area contributed by atoms with Crippen molar-refractivity contribution in [2.75, 3.05) is 34.4 Å². The zero-order chi connectivity index (χ0) is 41.0. The summed E-state index contributed by atoms with van der Waals surface area (Å²) in [4.78, 5) is 58.6. The smallest absolute Gasteiger partial charge is 0.475 e. The predicted octanol–water partition coefficient (Wildman–Crippen LogP) is 7.65. The van der Waals surface area contributed by atoms with Gasteiger partial charge in [-0.05, 0) is 79.1 Å². The van der Waals surface area contributed by atoms with Crippen molar-refractivity contribution in [2.45, 2.75) is 44.5 Å². The lowest BCUT2D eigenvalue weighted by molar-refractivity contribution is -0.193. The van der Waals surface area contributed by atoms with Gasteiger partial charge in [-0.2, -0.15) is 31.3 Å². The molecule has 0 atom stereocenters. The minimum Gasteiger partial charge on any atom is -0.475 e. The summed E-state index contributed by atoms with van der Waals surface area (Å²) < 4.78 is 63.5. The van der Waals surface area contributed by atoms with Gasteiger partial charge in [0.25, 0.3) is 0 Å². The number of urea groups is 1. The number of nitrogens with one attached hydrogen (secondary N) is 4. The summed E-state index contributed by atoms with van der Waals surface area (Å²) in [6.07, 6.45) is -1.66. The molecule has 2 aromatic heterocycles. The largest absolute Gasteiger partial charge is 0.490 e. The number of fused-ring (bicyclic) bond motifs is 6. The number of carboxylic acids is 2. The fraction of sp³-hybridized carbons (Fsp3) is 0.286. The highest BCUT2D eigenvalue weighted by molar-refractivity contribution is 6.32. The number of hydrogen-bond donors (Lipinski definition) is 6. The topological polar surface area (TPSA) is 199 Å². The van der Waals surface area contributed by atoms with Gasteiger partial charge in [0.15, 0.2) is 5.82 Å². The van der Waals surface area contributed by atoms with E-state index in [2.05, 4.69) is 36.2 Å². The van der Waals surface area contributed by atoms with Crippen LogP contribution in [0.1, 0.15) is 30.4 Å². The Morgan fingerprint density at radius 3 is 2.09 bits per heavy atom. The molecule has 21 heteroatoms. The molecule has 14 nitrogen and oxygen atoms in total. The average molecular weight is 811 g/mol. The number of halogens is 7. The zero-order valence-electron chi connectivity index (χ0n) is 28.9. The number of carboxylic acid groups (broad SMARTS) is 2. The zero-order valence-corrected chi connectivity index (χ0v) is 29.7. The SMILES string of the molecule is O=C(CC1CCN(C(=O)Nc2ccccc2)CC1)Nc1ccc2cc1CCc1cncc(c1)Nc1ncc(Cl)c(n1)N2.O=C(O)C(F)(F)F.O=C(O)C(F)(F)F. The molecule has 0 spiro atoms. The fourth-order valence-corrected chi connectivity index (χ4v) is 5.42. The van der Waals surface area contributed by atoms with Crippen molar-refractivity contribution in [3.8, 4) is 0 Å². The quantitative estimate of drug-likeness (QED) is 0.111. The molecule has 0 saturated carbocycles. The minimum atomic E-state index is -5.08. The first-order chi connectivity index (χ1) is 26.4. The third-order valence-corrected chi connectivity index (χ3v) is 8.28. The summed E-state index contributed by atoms with van der Waals surface area (Å²) in [6.45, 7) is 1.25. The molecule has 1 saturated heterocycles. The van der Waals surface area contributed by atoms with Crippen LogP contribution in [0.15, 0.2) is 73.2 Å². The van der Waals surface area contributed by atoms with Crippen molar-refractivity contribution in [2.24, 2.45) is 5.92 Å². The molecule has 0 aliphatic carbocycles. The highest BCUT2D eigenvalue weighted by Crippen LogP contribution is 2.30. The van der Waals surface area contributed by atoms with Crippen LogP contribution in [0.3, 0.4) is 0 Å². The van der Waals surface area contributed by atoms with Gasteiger partial charge in [-0.1, -0.05) is 29.8 Å². The monoisotopic (exact) mass is 810 g/mol. The van der Waals surface area contributed by atoms with Gasteiger partial charge in [0.1, 0.15) is 5.02 Å². The summed E-state index contributed by atoms with van der Waals surface area (Å²) in [5, 5.41) is 27.2. The predicted molar refractivity (Wildman–Crippen MR) is 192 cm³/mol. The molecule has 298 valence electrons. The van der Waals surface area contributed by atoms with E-state index in [1.54, 1.807) is 12.4 Å². The molecule has 4 heterocycles. The number of piperidine rings is 1. The van der Waals surface area contributed by atoms with Crippen LogP contribution in [0.2, 0.25) is 5.02 Å². The first-order valence-electron chi connectivity index (χ1n) is 16.5. The standard InChI is InChI=1S/C31H31ClN8O2.2C2HF3O2/c32-26-19-34-30-36-25-14-21(17-33-18-25)6-7-22-16-24(35-29(26)39-30)8-9-27(22)38-28(41)15-20-10-12-40(13-11-20)31(42)37-23-4-2-1-3-5-23;2*3-2(4,5)1(6)7/h1-5,8-9,14,16-20H,6-7,10-13,15H2,(H,37,42)(H,38,41)(H2,34,35,36,39);2*(H,6,7). The number of hydrogen-bond acceptors (Lipinski definition) is 9. The van der Waals surface area contributed by atoms with Crippen LogP contribution in [-0.2, 0) is 27.2 Å². The number of likely N-dealkylation sites (tertiary alicyclic amines) is 1. The van der Waals surface area contributed by atoms with E-state index in [0.29, 0.717) is 42.7 Å². The van der Waals surface area contributed by atoms with Gasteiger partial charge < -0.3 is 36.4 Å². The lowest BCUT2D eigenvalue weighted by atomic mass is 9.93. The van der Waals surface area contributed by atoms with Gasteiger partial charge in [0.2, 0.25) is 11.9 Å². The maximum atomic E-state index is 13.2. The summed E-state index contributed by atoms with van der Waals surface area (Å²) in [5.74, 6) is -4.44. The van der Waals surface area contributed by atoms with Gasteiger partial charge in [-0.25, -0.2) is 19.4 Å². The third-order valence-electron chi connectivity index (χ3n) is 8.01. The fourth-order valence-electron chi connectivity index (χ4n) is 5.28. The normalized spacial score (nSPS) is 13.9. The summed E-state index contributed by atoms with van der Waals surface area (Å²) in [6, 6.07) is 17.2. The van der Waals surface area contributed by atoms with Crippen molar-refractivity contribution in [1.29, 1.82) is 0 Å². The van der Waals surface area contributed by atoms with Gasteiger partial charge >= 0.3 is 30.3 Å². The van der Waals surface area contributed by atoms with Crippen molar-refractivity contribution in [3.05, 3.63) is 89.3 Å². The Hall–Kier alpha value is -6.18. The summed E-state index contributed by atoms with van der Waals surface area (Å²) in [5.41, 5.74) is 5.18. The molecule has 2 aliphatic rings. The molecule has 6 rings (SSSR count). The number of aryl methyl sites for hydroxylation is 2. The number of carbonyl (C=O) groups is 4. The molecular weight excluding hydrogens is 778 g/mol. The van der Waals surface area contributed by atoms with E-state index in [0.717, 1.165) is 53.1 Å². The molecule has 1 fully saturated rings. The number of aromatic nitrogens is 3. The molecule has 2 aliphatic heterocycles. The molecule has 0 radical (unpaired) electrons. The highest BCUT2D eigenvalue weighted by atomic mass is 35.5. The second-order valence-electron chi connectivity index (χ2n) is 12.2. The maximum absolute atomic E-state index is 13.2. The number of pyridine rings is 1. The summed E-state index contributed by atoms with van der Waals surface area (Å²) >= 11 is 6.38. The number of nitrogens with zero attached hydrogens (tertiary/aromatic N) is 4. The highest BCUT2D eigenvalue weighted by Gasteiger charge is 2.39. The Bertz CT molecular complexity index is 1990. The minimum absolute atomic E-state index is 0.0292. The Morgan fingerprint density at radius 2 is 1.46 bits per heavy atom. The van der Waals surface area contributed by atoms with Crippen LogP contribution in [-0.4, -0.2) is 79.4 Å². The first kappa shape index (κ1) is 42.6. The van der Waals surface area contributed by atoms with Crippen molar-refractivity contribution < 1.29 is 55.7 Å². The molecular formula is C35H33ClF6N8O6. The second-order valence-corrected chi connectivity index (χ2v) is 12.6. The van der Waals surface area contributed by atoms with Gasteiger partial charge in [-0.15, -0.1) is 0 Å². The molecule has 6 bridgehead atoms. The number of rotatable bonds is 4. The van der Waals surface area contributed by atoms with Crippen LogP contribution < -0.4 is 21.3 Å². The Balaban J connectivity index is 0.000000425. The number of benzene rings is 2. The van der Waals surface area contributed by atoms with Crippen LogP contribution in [0.5, 0.6) is 0 Å². The molecule has 3 amide bonds. The van der Waals surface area contributed by atoms with Crippen molar-refractivity contribution >= 4 is 70.0 Å². The lowest BCUT2D eigenvalue weighted by Gasteiger charge is -2.31. The number of carbonyl (C=O) groups excluding carboxylic acids is 2. The first-order valence-corrected chi connectivity index (χ1v) is 16.9. The van der Waals surface area contributed by atoms with E-state index in [9.17, 15) is 35.9 Å². The number of anilines is 6. The van der Waals surface area contributed by atoms with E-state index in [1.165, 1.54) is 0 Å². The molecule has 6 N–H and O–H groups in total. The number of para-hydroxylation sites is 1. The molecule has 0 unspecified atom stereocenters. The Kier molecular flexibility index (Phi) is 14.4. The Morgan fingerprint density at radius 1 is 0.821 bits per heavy atom. The van der Waals surface area contributed by atoms with Crippen molar-refractivity contribution in [3.63, 3.8) is 0 Å². The number of alkyl halides is 6. The van der Waals surface area contributed by atoms with Crippen LogP contribution >= 0.6 is 11.6 Å². The van der Waals surface area contributed by atoms with Gasteiger partial charge in [0.05, 0.1) is 18.1 Å². The van der Waals surface area contributed by atoms with E-state index in [-0.39, 0.29) is 17.9 Å². The van der Waals surface area contributed by atoms with Gasteiger partial charge in [-0.3, -0.25) is 9.78 Å². The molecule has 2 aromatic carbocycles. The van der Waals surface area contributed by atoms with E-state index >= 15 is 0 Å². The van der Waals surface area contributed by atoms with Gasteiger partial charge in [0, 0.05) is 42.8 Å². The van der Waals surface area contributed by atoms with E-state index in [4.69, 9.17) is 31.4 Å². The molecule has 4 aromatic rings. The van der Waals surface area contributed by atoms with Crippen molar-refractivity contribution in [1.82, 2.24) is 19.9 Å². The summed E-state index contributed by atoms with van der Waals surface area (Å²) in [7, 11) is 0. The molecule has 56 heavy (non-hydrogen) atoms. The van der Waals surface area contributed by atoms with E-state index in [1.807, 2.05) is 65.7 Å². The number of amides is 3.